The molecule has 0 aliphatic rings. The molecule has 0 fully saturated rings. The number of alkyl halides is 3. The molecular formula is C22H19Cl2F3N4OS. The quantitative estimate of drug-likeness (QED) is 0.318. The van der Waals surface area contributed by atoms with Gasteiger partial charge in [0, 0.05) is 21.3 Å². The molecule has 5 nitrogen and oxygen atoms in total. The number of nitrogen functional groups attached to an aromatic ring is 1. The maximum absolute atomic E-state index is 13.3. The lowest BCUT2D eigenvalue weighted by Crippen LogP contribution is -2.39. The van der Waals surface area contributed by atoms with Crippen molar-refractivity contribution in [3.8, 4) is 11.3 Å². The third kappa shape index (κ3) is 4.64. The number of benzene rings is 1. The summed E-state index contributed by atoms with van der Waals surface area (Å²) in [6.07, 6.45) is -3.58. The maximum atomic E-state index is 13.3. The number of halogens is 5. The van der Waals surface area contributed by atoms with E-state index in [9.17, 15) is 18.3 Å². The van der Waals surface area contributed by atoms with Crippen molar-refractivity contribution in [3.63, 3.8) is 0 Å². The number of anilines is 1. The predicted molar refractivity (Wildman–Crippen MR) is 128 cm³/mol. The molecule has 4 rings (SSSR count). The number of thiophene rings is 1. The minimum Gasteiger partial charge on any atom is -0.384 e. The lowest BCUT2D eigenvalue weighted by Gasteiger charge is -2.26. The zero-order chi connectivity index (χ0) is 23.3. The minimum absolute atomic E-state index is 0. The van der Waals surface area contributed by atoms with Crippen LogP contribution in [0.2, 0.25) is 5.02 Å². The van der Waals surface area contributed by atoms with Crippen molar-refractivity contribution in [2.24, 2.45) is 5.73 Å². The molecule has 174 valence electrons. The molecule has 0 radical (unpaired) electrons. The number of fused-ring (bicyclic) bond motifs is 1. The summed E-state index contributed by atoms with van der Waals surface area (Å²) in [5.74, 6) is 0.291. The summed E-state index contributed by atoms with van der Waals surface area (Å²) >= 11 is 7.61. The standard InChI is InChI=1S/C22H18ClF3N4OS.ClH/c1-21(31,22(24,25)26)12-7-8-29-15(10-12)13-4-2-3-11-9-16(32-20(11)13)18(28)19-14(23)5-6-17(27)30-19;/h2-10,18,31H,28H2,1H3,(H2,27,30);1H/t18-,21?;/m0./s1. The minimum atomic E-state index is -4.83. The normalized spacial score (nSPS) is 14.5. The van der Waals surface area contributed by atoms with Crippen LogP contribution in [-0.2, 0) is 5.60 Å². The van der Waals surface area contributed by atoms with E-state index >= 15 is 0 Å². The Morgan fingerprint density at radius 3 is 2.55 bits per heavy atom. The Hall–Kier alpha value is -2.43. The van der Waals surface area contributed by atoms with Crippen molar-refractivity contribution in [3.05, 3.63) is 75.9 Å². The highest BCUT2D eigenvalue weighted by atomic mass is 35.5. The van der Waals surface area contributed by atoms with Crippen LogP contribution in [0.25, 0.3) is 21.3 Å². The molecule has 1 aromatic carbocycles. The van der Waals surface area contributed by atoms with Gasteiger partial charge in [0.2, 0.25) is 0 Å². The maximum Gasteiger partial charge on any atom is 0.421 e. The van der Waals surface area contributed by atoms with E-state index < -0.39 is 17.8 Å². The summed E-state index contributed by atoms with van der Waals surface area (Å²) in [5.41, 5.74) is 10.2. The molecule has 3 heterocycles. The smallest absolute Gasteiger partial charge is 0.384 e. The lowest BCUT2D eigenvalue weighted by molar-refractivity contribution is -0.258. The molecule has 2 atom stereocenters. The highest BCUT2D eigenvalue weighted by Crippen LogP contribution is 2.41. The van der Waals surface area contributed by atoms with Crippen LogP contribution in [0.3, 0.4) is 0 Å². The van der Waals surface area contributed by atoms with Gasteiger partial charge in [0.05, 0.1) is 22.5 Å². The molecule has 0 aliphatic heterocycles. The zero-order valence-electron chi connectivity index (χ0n) is 17.1. The fraction of sp³-hybridized carbons (Fsp3) is 0.182. The van der Waals surface area contributed by atoms with Crippen molar-refractivity contribution in [1.82, 2.24) is 9.97 Å². The SMILES string of the molecule is CC(O)(c1ccnc(-c2cccc3cc([C@H](N)c4nc(N)ccc4Cl)sc23)c1)C(F)(F)F.Cl. The molecule has 0 spiro atoms. The van der Waals surface area contributed by atoms with Gasteiger partial charge >= 0.3 is 6.18 Å². The van der Waals surface area contributed by atoms with Gasteiger partial charge < -0.3 is 16.6 Å². The predicted octanol–water partition coefficient (Wildman–Crippen LogP) is 5.83. The number of pyridine rings is 2. The number of aromatic nitrogens is 2. The van der Waals surface area contributed by atoms with Crippen LogP contribution < -0.4 is 11.5 Å². The molecule has 0 bridgehead atoms. The van der Waals surface area contributed by atoms with Gasteiger partial charge in [0.15, 0.2) is 5.60 Å². The average molecular weight is 515 g/mol. The molecule has 3 aromatic heterocycles. The molecule has 0 aliphatic carbocycles. The van der Waals surface area contributed by atoms with E-state index in [2.05, 4.69) is 9.97 Å². The first-order valence-electron chi connectivity index (χ1n) is 9.45. The first kappa shape index (κ1) is 25.2. The van der Waals surface area contributed by atoms with E-state index in [0.717, 1.165) is 28.0 Å². The van der Waals surface area contributed by atoms with Gasteiger partial charge in [-0.3, -0.25) is 4.98 Å². The second-order valence-electron chi connectivity index (χ2n) is 7.45. The number of hydrogen-bond donors (Lipinski definition) is 3. The van der Waals surface area contributed by atoms with Crippen LogP contribution in [0, 0.1) is 0 Å². The van der Waals surface area contributed by atoms with Crippen molar-refractivity contribution in [1.29, 1.82) is 0 Å². The Bertz CT molecular complexity index is 1310. The van der Waals surface area contributed by atoms with Crippen molar-refractivity contribution in [2.45, 2.75) is 24.7 Å². The molecule has 4 aromatic rings. The monoisotopic (exact) mass is 514 g/mol. The van der Waals surface area contributed by atoms with Crippen molar-refractivity contribution >= 4 is 51.2 Å². The number of aliphatic hydroxyl groups is 1. The number of nitrogens with two attached hydrogens (primary N) is 2. The Morgan fingerprint density at radius 1 is 1.12 bits per heavy atom. The van der Waals surface area contributed by atoms with Gasteiger partial charge in [-0.1, -0.05) is 29.8 Å². The Morgan fingerprint density at radius 2 is 1.85 bits per heavy atom. The average Bonchev–Trinajstić information content (AvgIpc) is 3.18. The summed E-state index contributed by atoms with van der Waals surface area (Å²) in [6, 6.07) is 12.3. The van der Waals surface area contributed by atoms with E-state index in [1.807, 2.05) is 12.1 Å². The third-order valence-electron chi connectivity index (χ3n) is 5.21. The Balaban J connectivity index is 0.00000306. The van der Waals surface area contributed by atoms with Crippen LogP contribution in [0.1, 0.15) is 29.1 Å². The molecule has 1 unspecified atom stereocenters. The Kier molecular flexibility index (Phi) is 6.93. The zero-order valence-corrected chi connectivity index (χ0v) is 19.5. The topological polar surface area (TPSA) is 98.0 Å². The fourth-order valence-electron chi connectivity index (χ4n) is 3.31. The lowest BCUT2D eigenvalue weighted by atomic mass is 9.94. The molecule has 11 heteroatoms. The van der Waals surface area contributed by atoms with Gasteiger partial charge in [-0.15, -0.1) is 23.7 Å². The number of nitrogens with zero attached hydrogens (tertiary/aromatic N) is 2. The van der Waals surface area contributed by atoms with Crippen LogP contribution in [0.4, 0.5) is 19.0 Å². The van der Waals surface area contributed by atoms with E-state index in [0.29, 0.717) is 27.8 Å². The summed E-state index contributed by atoms with van der Waals surface area (Å²) in [6.45, 7) is 0.720. The van der Waals surface area contributed by atoms with Crippen molar-refractivity contribution in [2.75, 3.05) is 5.73 Å². The summed E-state index contributed by atoms with van der Waals surface area (Å²) < 4.78 is 40.7. The van der Waals surface area contributed by atoms with Gasteiger partial charge in [0.25, 0.3) is 0 Å². The summed E-state index contributed by atoms with van der Waals surface area (Å²) in [4.78, 5) is 9.24. The fourth-order valence-corrected chi connectivity index (χ4v) is 4.72. The van der Waals surface area contributed by atoms with E-state index in [4.69, 9.17) is 23.1 Å². The molecular weight excluding hydrogens is 496 g/mol. The van der Waals surface area contributed by atoms with Crippen LogP contribution in [0.5, 0.6) is 0 Å². The summed E-state index contributed by atoms with van der Waals surface area (Å²) in [7, 11) is 0. The molecule has 0 saturated carbocycles. The largest absolute Gasteiger partial charge is 0.421 e. The highest BCUT2D eigenvalue weighted by molar-refractivity contribution is 7.19. The van der Waals surface area contributed by atoms with Crippen LogP contribution >= 0.6 is 35.3 Å². The first-order chi connectivity index (χ1) is 15.0. The second-order valence-corrected chi connectivity index (χ2v) is 8.94. The van der Waals surface area contributed by atoms with Gasteiger partial charge in [-0.05, 0) is 48.2 Å². The third-order valence-corrected chi connectivity index (χ3v) is 6.80. The molecule has 0 saturated heterocycles. The van der Waals surface area contributed by atoms with Crippen LogP contribution in [0.15, 0.2) is 54.7 Å². The molecule has 0 amide bonds. The number of rotatable bonds is 4. The van der Waals surface area contributed by atoms with Crippen molar-refractivity contribution < 1.29 is 18.3 Å². The van der Waals surface area contributed by atoms with E-state index in [-0.39, 0.29) is 18.0 Å². The van der Waals surface area contributed by atoms with E-state index in [1.54, 1.807) is 24.3 Å². The van der Waals surface area contributed by atoms with Crippen LogP contribution in [-0.4, -0.2) is 21.3 Å². The second kappa shape index (κ2) is 9.08. The highest BCUT2D eigenvalue weighted by Gasteiger charge is 2.51. The van der Waals surface area contributed by atoms with Gasteiger partial charge in [0.1, 0.15) is 5.82 Å². The number of hydrogen-bond acceptors (Lipinski definition) is 6. The molecule has 5 N–H and O–H groups in total. The molecule has 33 heavy (non-hydrogen) atoms. The first-order valence-corrected chi connectivity index (χ1v) is 10.6. The summed E-state index contributed by atoms with van der Waals surface area (Å²) in [5, 5.41) is 11.3. The van der Waals surface area contributed by atoms with Gasteiger partial charge in [-0.2, -0.15) is 13.2 Å². The van der Waals surface area contributed by atoms with Gasteiger partial charge in [-0.25, -0.2) is 4.98 Å². The van der Waals surface area contributed by atoms with E-state index in [1.165, 1.54) is 23.6 Å². The Labute approximate surface area is 202 Å².